The molecule has 0 saturated heterocycles. The fraction of sp³-hybridized carbons (Fsp3) is 0.161. The van der Waals surface area contributed by atoms with E-state index < -0.39 is 35.6 Å². The van der Waals surface area contributed by atoms with Crippen molar-refractivity contribution >= 4 is 29.4 Å². The van der Waals surface area contributed by atoms with Crippen LogP contribution in [0.5, 0.6) is 0 Å². The highest BCUT2D eigenvalue weighted by molar-refractivity contribution is 6.21. The van der Waals surface area contributed by atoms with Crippen LogP contribution in [0.25, 0.3) is 11.1 Å². The third-order valence-electron chi connectivity index (χ3n) is 7.29. The Morgan fingerprint density at radius 1 is 1.00 bits per heavy atom. The summed E-state index contributed by atoms with van der Waals surface area (Å²) in [5.41, 5.74) is 2.52. The van der Waals surface area contributed by atoms with Gasteiger partial charge in [0.15, 0.2) is 0 Å². The summed E-state index contributed by atoms with van der Waals surface area (Å²) >= 11 is 0. The van der Waals surface area contributed by atoms with E-state index >= 15 is 0 Å². The first-order valence-corrected chi connectivity index (χ1v) is 13.6. The van der Waals surface area contributed by atoms with Gasteiger partial charge in [0, 0.05) is 16.8 Å². The summed E-state index contributed by atoms with van der Waals surface area (Å²) in [4.78, 5) is 31.3. The summed E-state index contributed by atoms with van der Waals surface area (Å²) in [6, 6.07) is 16.1. The van der Waals surface area contributed by atoms with Crippen LogP contribution >= 0.6 is 0 Å². The summed E-state index contributed by atoms with van der Waals surface area (Å²) in [5, 5.41) is 22.8. The third kappa shape index (κ3) is 5.77. The van der Waals surface area contributed by atoms with Gasteiger partial charge in [-0.2, -0.15) is 13.2 Å². The molecule has 0 bridgehead atoms. The summed E-state index contributed by atoms with van der Waals surface area (Å²) in [7, 11) is 0. The van der Waals surface area contributed by atoms with E-state index in [-0.39, 0.29) is 29.2 Å². The second kappa shape index (κ2) is 11.4. The van der Waals surface area contributed by atoms with Crippen LogP contribution in [0.1, 0.15) is 49.3 Å². The highest BCUT2D eigenvalue weighted by atomic mass is 19.4. The summed E-state index contributed by atoms with van der Waals surface area (Å²) in [6.07, 6.45) is -3.30. The van der Waals surface area contributed by atoms with Gasteiger partial charge in [-0.1, -0.05) is 47.6 Å². The molecule has 228 valence electrons. The van der Waals surface area contributed by atoms with E-state index in [4.69, 9.17) is 9.05 Å². The molecule has 11 nitrogen and oxygen atoms in total. The van der Waals surface area contributed by atoms with E-state index in [1.54, 1.807) is 43.3 Å². The summed E-state index contributed by atoms with van der Waals surface area (Å²) < 4.78 is 51.0. The van der Waals surface area contributed by atoms with Crippen molar-refractivity contribution in [3.8, 4) is 11.1 Å². The zero-order valence-corrected chi connectivity index (χ0v) is 23.7. The maximum atomic E-state index is 13.2. The number of halogens is 3. The van der Waals surface area contributed by atoms with Crippen LogP contribution in [0.15, 0.2) is 93.0 Å². The van der Waals surface area contributed by atoms with E-state index in [1.165, 1.54) is 16.9 Å². The van der Waals surface area contributed by atoms with Crippen molar-refractivity contribution in [2.24, 2.45) is 4.99 Å². The molecule has 1 aliphatic heterocycles. The lowest BCUT2D eigenvalue weighted by Crippen LogP contribution is -2.48. The van der Waals surface area contributed by atoms with Crippen LogP contribution in [-0.4, -0.2) is 39.7 Å². The summed E-state index contributed by atoms with van der Waals surface area (Å²) in [6.45, 7) is 3.49. The Morgan fingerprint density at radius 2 is 1.69 bits per heavy atom. The standard InChI is InChI=1S/C31H23F3N6O5/c1-17-27(18(2)44-37-17)20-12-10-19(11-13-20)25(15-39-28(41)23-8-3-4-9-24(23)29(39)42)40-16-26(45-38-40)36-30(43)35-22-7-5-6-21(14-22)31(32,33)34/h3-14,16,25H,15H2,1-2H3,(H-,35,36,38,43)/t25-/m0/s1. The molecule has 0 saturated carbocycles. The van der Waals surface area contributed by atoms with Crippen molar-refractivity contribution in [2.75, 3.05) is 11.9 Å². The SMILES string of the molecule is Cc1noc(C)c1-c1ccc([C@H](CN2C(=O)c3ccccc3C2=O)[n+]2cc(/N=C(\[O-])Nc3cccc(C(F)(F)F)c3)on2)cc1. The van der Waals surface area contributed by atoms with Gasteiger partial charge >= 0.3 is 12.1 Å². The Bertz CT molecular complexity index is 1890. The Labute approximate surface area is 253 Å². The van der Waals surface area contributed by atoms with Gasteiger partial charge in [-0.25, -0.2) is 4.99 Å². The van der Waals surface area contributed by atoms with Crippen LogP contribution in [0.3, 0.4) is 0 Å². The fourth-order valence-corrected chi connectivity index (χ4v) is 5.16. The number of alkyl halides is 3. The average Bonchev–Trinajstić information content (AvgIpc) is 3.68. The molecule has 1 atom stereocenters. The molecule has 6 rings (SSSR count). The van der Waals surface area contributed by atoms with E-state index in [2.05, 4.69) is 20.7 Å². The molecule has 0 aliphatic carbocycles. The molecule has 5 aromatic rings. The minimum Gasteiger partial charge on any atom is -0.846 e. The van der Waals surface area contributed by atoms with Crippen molar-refractivity contribution < 1.29 is 41.6 Å². The quantitative estimate of drug-likeness (QED) is 0.121. The van der Waals surface area contributed by atoms with Crippen molar-refractivity contribution in [3.63, 3.8) is 0 Å². The highest BCUT2D eigenvalue weighted by Crippen LogP contribution is 2.31. The lowest BCUT2D eigenvalue weighted by atomic mass is 9.99. The van der Waals surface area contributed by atoms with E-state index in [0.717, 1.165) is 34.2 Å². The van der Waals surface area contributed by atoms with Gasteiger partial charge in [0.25, 0.3) is 18.0 Å². The van der Waals surface area contributed by atoms with Crippen molar-refractivity contribution in [1.82, 2.24) is 15.3 Å². The number of carbonyl (C=O) groups excluding carboxylic acids is 2. The first-order chi connectivity index (χ1) is 21.5. The molecule has 2 aromatic heterocycles. The Balaban J connectivity index is 1.30. The van der Waals surface area contributed by atoms with Gasteiger partial charge in [-0.05, 0) is 54.4 Å². The van der Waals surface area contributed by atoms with Gasteiger partial charge < -0.3 is 14.9 Å². The van der Waals surface area contributed by atoms with E-state index in [9.17, 15) is 27.9 Å². The van der Waals surface area contributed by atoms with Gasteiger partial charge in [-0.3, -0.25) is 19.0 Å². The normalized spacial score (nSPS) is 14.2. The van der Waals surface area contributed by atoms with Crippen LogP contribution in [0.2, 0.25) is 0 Å². The number of imide groups is 1. The minimum absolute atomic E-state index is 0.118. The zero-order chi connectivity index (χ0) is 31.9. The topological polar surface area (TPSA) is 141 Å². The molecule has 0 spiro atoms. The molecule has 3 heterocycles. The largest absolute Gasteiger partial charge is 0.846 e. The molecule has 0 radical (unpaired) electrons. The number of rotatable bonds is 7. The lowest BCUT2D eigenvalue weighted by Gasteiger charge is -2.17. The number of anilines is 1. The molecule has 0 unspecified atom stereocenters. The second-order valence-electron chi connectivity index (χ2n) is 10.2. The van der Waals surface area contributed by atoms with Gasteiger partial charge in [0.05, 0.1) is 35.0 Å². The van der Waals surface area contributed by atoms with Gasteiger partial charge in [0.1, 0.15) is 5.76 Å². The van der Waals surface area contributed by atoms with Crippen molar-refractivity contribution in [2.45, 2.75) is 26.1 Å². The Hall–Kier alpha value is -5.79. The van der Waals surface area contributed by atoms with Crippen molar-refractivity contribution in [3.05, 3.63) is 113 Å². The number of aliphatic imine (C=N–C) groups is 1. The fourth-order valence-electron chi connectivity index (χ4n) is 5.16. The molecule has 3 aromatic carbocycles. The smallest absolute Gasteiger partial charge is 0.416 e. The number of hydrogen-bond donors (Lipinski definition) is 1. The number of aromatic nitrogens is 3. The first kappa shape index (κ1) is 29.3. The zero-order valence-electron chi connectivity index (χ0n) is 23.7. The van der Waals surface area contributed by atoms with E-state index in [0.29, 0.717) is 17.0 Å². The number of benzene rings is 3. The first-order valence-electron chi connectivity index (χ1n) is 13.6. The molecule has 45 heavy (non-hydrogen) atoms. The van der Waals surface area contributed by atoms with Crippen LogP contribution in [0.4, 0.5) is 24.7 Å². The van der Waals surface area contributed by atoms with Crippen LogP contribution in [-0.2, 0) is 6.18 Å². The maximum absolute atomic E-state index is 13.2. The number of nitrogens with zero attached hydrogens (tertiary/aromatic N) is 5. The maximum Gasteiger partial charge on any atom is 0.416 e. The third-order valence-corrected chi connectivity index (χ3v) is 7.29. The van der Waals surface area contributed by atoms with Crippen LogP contribution < -0.4 is 15.1 Å². The number of nitrogens with one attached hydrogen (secondary N) is 1. The van der Waals surface area contributed by atoms with Gasteiger partial charge in [0.2, 0.25) is 11.3 Å². The average molecular weight is 617 g/mol. The predicted molar refractivity (Wildman–Crippen MR) is 150 cm³/mol. The molecule has 2 amide bonds. The molecule has 1 aliphatic rings. The molecular formula is C31H23F3N6O5. The van der Waals surface area contributed by atoms with Gasteiger partial charge in [-0.15, -0.1) is 0 Å². The number of aryl methyl sites for hydroxylation is 2. The predicted octanol–water partition coefficient (Wildman–Crippen LogP) is 4.60. The lowest BCUT2D eigenvalue weighted by molar-refractivity contribution is -0.776. The molecular weight excluding hydrogens is 593 g/mol. The minimum atomic E-state index is -4.59. The Kier molecular flexibility index (Phi) is 7.40. The number of amides is 2. The number of carbonyl (C=O) groups is 2. The highest BCUT2D eigenvalue weighted by Gasteiger charge is 2.40. The molecule has 14 heteroatoms. The Morgan fingerprint density at radius 3 is 2.31 bits per heavy atom. The second-order valence-corrected chi connectivity index (χ2v) is 10.2. The number of hydrogen-bond acceptors (Lipinski definition) is 8. The van der Waals surface area contributed by atoms with Crippen molar-refractivity contribution in [1.29, 1.82) is 0 Å². The van der Waals surface area contributed by atoms with E-state index in [1.807, 2.05) is 19.1 Å². The molecule has 0 fully saturated rings. The monoisotopic (exact) mass is 616 g/mol. The number of amidine groups is 1. The van der Waals surface area contributed by atoms with Crippen LogP contribution in [0, 0.1) is 13.8 Å². The number of fused-ring (bicyclic) bond motifs is 1. The molecule has 1 N–H and O–H groups in total. The summed E-state index contributed by atoms with van der Waals surface area (Å²) in [5.74, 6) is -0.563.